The number of anilines is 1. The first kappa shape index (κ1) is 36.2. The van der Waals surface area contributed by atoms with E-state index < -0.39 is 42.8 Å². The van der Waals surface area contributed by atoms with E-state index in [1.54, 1.807) is 32.2 Å². The van der Waals surface area contributed by atoms with Crippen LogP contribution >= 0.6 is 11.6 Å². The molecule has 1 fully saturated rings. The van der Waals surface area contributed by atoms with Gasteiger partial charge < -0.3 is 14.4 Å². The zero-order chi connectivity index (χ0) is 35.2. The molecule has 49 heavy (non-hydrogen) atoms. The Morgan fingerprint density at radius 2 is 1.96 bits per heavy atom. The quantitative estimate of drug-likeness (QED) is 0.307. The van der Waals surface area contributed by atoms with E-state index in [-0.39, 0.29) is 29.9 Å². The number of rotatable bonds is 5. The summed E-state index contributed by atoms with van der Waals surface area (Å²) in [7, 11) is -6.32. The first-order valence-electron chi connectivity index (χ1n) is 17.1. The Balaban J connectivity index is 1.41. The molecule has 6 rings (SSSR count). The molecule has 1 spiro atoms. The van der Waals surface area contributed by atoms with E-state index in [0.717, 1.165) is 50.6 Å². The molecule has 0 aromatic heterocycles. The highest BCUT2D eigenvalue weighted by Gasteiger charge is 2.47. The number of ether oxygens (including phenoxy) is 2. The van der Waals surface area contributed by atoms with Gasteiger partial charge in [-0.1, -0.05) is 36.7 Å². The van der Waals surface area contributed by atoms with Gasteiger partial charge in [0.2, 0.25) is 10.0 Å². The number of carbonyl (C=O) groups excluding carboxylic acids is 1. The third-order valence-corrected chi connectivity index (χ3v) is 14.1. The maximum absolute atomic E-state index is 13.8. The Kier molecular flexibility index (Phi) is 10.2. The van der Waals surface area contributed by atoms with Crippen molar-refractivity contribution in [1.82, 2.24) is 4.72 Å². The molecule has 6 atom stereocenters. The number of amides is 1. The lowest BCUT2D eigenvalue weighted by Gasteiger charge is -2.49. The molecule has 0 unspecified atom stereocenters. The number of hydrogen-bond donors (Lipinski definition) is 1. The highest BCUT2D eigenvalue weighted by Crippen LogP contribution is 2.49. The number of sulfonamides is 1. The fourth-order valence-electron chi connectivity index (χ4n) is 8.42. The molecule has 1 saturated carbocycles. The van der Waals surface area contributed by atoms with Crippen LogP contribution in [0.4, 0.5) is 5.69 Å². The topological polar surface area (TPSA) is 128 Å². The number of methoxy groups -OCH3 is 1. The van der Waals surface area contributed by atoms with Crippen LogP contribution in [0.3, 0.4) is 0 Å². The lowest BCUT2D eigenvalue weighted by molar-refractivity contribution is -0.0622. The predicted octanol–water partition coefficient (Wildman–Crippen LogP) is 5.63. The van der Waals surface area contributed by atoms with Gasteiger partial charge in [0, 0.05) is 36.2 Å². The predicted molar refractivity (Wildman–Crippen MR) is 190 cm³/mol. The van der Waals surface area contributed by atoms with Crippen LogP contribution in [0.2, 0.25) is 5.02 Å². The summed E-state index contributed by atoms with van der Waals surface area (Å²) in [5.41, 5.74) is 2.53. The van der Waals surface area contributed by atoms with E-state index in [4.69, 9.17) is 25.3 Å². The number of allylic oxidation sites excluding steroid dienone is 1. The SMILES string of the molecule is CO[C@@]1(C)/C=C/C[C@H](C)[C@@H](CCOS(C)(=O)=O)S(=O)(=O)NC(=O)c2ccc3c(c2)N(C[C@@H]2CC[C@H]21)C[C@@]1(CCCc2cc(Cl)ccc21)CO3. The van der Waals surface area contributed by atoms with Crippen LogP contribution in [0.15, 0.2) is 48.6 Å². The van der Waals surface area contributed by atoms with Crippen LogP contribution in [0.1, 0.15) is 73.9 Å². The van der Waals surface area contributed by atoms with Gasteiger partial charge in [0.25, 0.3) is 16.0 Å². The average Bonchev–Trinajstić information content (AvgIpc) is 3.16. The number of benzene rings is 2. The number of nitrogens with zero attached hydrogens (tertiary/aromatic N) is 1. The Morgan fingerprint density at radius 1 is 1.16 bits per heavy atom. The molecule has 2 heterocycles. The second-order valence-corrected chi connectivity index (χ2v) is 18.5. The van der Waals surface area contributed by atoms with Gasteiger partial charge in [-0.05, 0) is 111 Å². The molecule has 1 amide bonds. The molecular formula is C36H47ClN2O8S2. The Bertz CT molecular complexity index is 1830. The van der Waals surface area contributed by atoms with E-state index in [0.29, 0.717) is 36.3 Å². The summed E-state index contributed by atoms with van der Waals surface area (Å²) in [5, 5.41) is -0.380. The van der Waals surface area contributed by atoms with Crippen molar-refractivity contribution in [3.8, 4) is 5.75 Å². The van der Waals surface area contributed by atoms with Crippen LogP contribution in [0, 0.1) is 17.8 Å². The van der Waals surface area contributed by atoms with Crippen molar-refractivity contribution >= 4 is 43.3 Å². The van der Waals surface area contributed by atoms with Crippen LogP contribution in [-0.4, -0.2) is 73.3 Å². The number of aryl methyl sites for hydroxylation is 1. The molecule has 0 saturated heterocycles. The number of halogens is 1. The van der Waals surface area contributed by atoms with E-state index in [9.17, 15) is 21.6 Å². The largest absolute Gasteiger partial charge is 0.490 e. The van der Waals surface area contributed by atoms with Crippen molar-refractivity contribution in [2.45, 2.75) is 75.1 Å². The van der Waals surface area contributed by atoms with Crippen molar-refractivity contribution in [2.24, 2.45) is 17.8 Å². The monoisotopic (exact) mass is 734 g/mol. The van der Waals surface area contributed by atoms with Crippen LogP contribution in [0.25, 0.3) is 0 Å². The van der Waals surface area contributed by atoms with Gasteiger partial charge in [-0.15, -0.1) is 0 Å². The van der Waals surface area contributed by atoms with Crippen LogP contribution < -0.4 is 14.4 Å². The summed E-state index contributed by atoms with van der Waals surface area (Å²) in [5.74, 6) is -0.0525. The Hall–Kier alpha value is -2.64. The third kappa shape index (κ3) is 7.54. The van der Waals surface area contributed by atoms with Gasteiger partial charge in [-0.2, -0.15) is 8.42 Å². The molecule has 2 aromatic carbocycles. The minimum Gasteiger partial charge on any atom is -0.490 e. The maximum atomic E-state index is 13.8. The minimum atomic E-state index is -4.25. The second-order valence-electron chi connectivity index (χ2n) is 14.6. The van der Waals surface area contributed by atoms with E-state index in [2.05, 4.69) is 28.7 Å². The van der Waals surface area contributed by atoms with Crippen molar-refractivity contribution < 1.29 is 35.3 Å². The normalized spacial score (nSPS) is 32.1. The third-order valence-electron chi connectivity index (χ3n) is 11.3. The molecule has 2 aliphatic carbocycles. The standard InChI is InChI=1S/C36H47ClN2O8S2/c1-24-7-5-16-35(2,45-3)29-12-9-27(29)21-39-22-36(17-6-8-25-19-28(37)11-13-30(25)36)23-46-32-14-10-26(20-31(32)39)34(40)38-49(43,44)33(24)15-18-47-48(4,41)42/h5,10-11,13-14,16,19-20,24,27,29,33H,6-9,12,15,17-18,21-23H2,1-4H3,(H,38,40)/b16-5+/t24-,27-,29+,33+,35-,36-/m0/s1. The van der Waals surface area contributed by atoms with Gasteiger partial charge in [0.15, 0.2) is 0 Å². The van der Waals surface area contributed by atoms with Crippen molar-refractivity contribution in [3.05, 3.63) is 70.3 Å². The lowest BCUT2D eigenvalue weighted by Crippen LogP contribution is -2.52. The van der Waals surface area contributed by atoms with Gasteiger partial charge >= 0.3 is 0 Å². The van der Waals surface area contributed by atoms with Crippen molar-refractivity contribution in [2.75, 3.05) is 44.6 Å². The highest BCUT2D eigenvalue weighted by atomic mass is 35.5. The minimum absolute atomic E-state index is 0.114. The van der Waals surface area contributed by atoms with Gasteiger partial charge in [0.1, 0.15) is 5.75 Å². The Labute approximate surface area is 295 Å². The summed E-state index contributed by atoms with van der Waals surface area (Å²) in [6.45, 7) is 5.40. The molecule has 0 radical (unpaired) electrons. The smallest absolute Gasteiger partial charge is 0.264 e. The first-order chi connectivity index (χ1) is 23.1. The molecule has 2 aromatic rings. The van der Waals surface area contributed by atoms with E-state index in [1.165, 1.54) is 11.1 Å². The number of nitrogens with one attached hydrogen (secondary N) is 1. The average molecular weight is 735 g/mol. The number of carbonyl (C=O) groups is 1. The van der Waals surface area contributed by atoms with Gasteiger partial charge in [-0.3, -0.25) is 8.98 Å². The summed E-state index contributed by atoms with van der Waals surface area (Å²) in [4.78, 5) is 16.0. The summed E-state index contributed by atoms with van der Waals surface area (Å²) in [6.07, 6.45) is 10.1. The zero-order valence-corrected chi connectivity index (χ0v) is 31.0. The van der Waals surface area contributed by atoms with E-state index in [1.807, 2.05) is 18.2 Å². The van der Waals surface area contributed by atoms with Gasteiger partial charge in [0.05, 0.1) is 36.0 Å². The summed E-state index contributed by atoms with van der Waals surface area (Å²) < 4.78 is 71.0. The summed E-state index contributed by atoms with van der Waals surface area (Å²) in [6, 6.07) is 11.2. The highest BCUT2D eigenvalue weighted by molar-refractivity contribution is 7.90. The molecule has 4 aliphatic rings. The zero-order valence-electron chi connectivity index (χ0n) is 28.6. The second kappa shape index (κ2) is 13.8. The molecule has 268 valence electrons. The van der Waals surface area contributed by atoms with Crippen LogP contribution in [-0.2, 0) is 40.9 Å². The van der Waals surface area contributed by atoms with Crippen molar-refractivity contribution in [1.29, 1.82) is 0 Å². The lowest BCUT2D eigenvalue weighted by atomic mass is 9.64. The maximum Gasteiger partial charge on any atom is 0.264 e. The van der Waals surface area contributed by atoms with Crippen molar-refractivity contribution in [3.63, 3.8) is 0 Å². The summed E-state index contributed by atoms with van der Waals surface area (Å²) >= 11 is 6.43. The molecular weight excluding hydrogens is 688 g/mol. The molecule has 10 nitrogen and oxygen atoms in total. The van der Waals surface area contributed by atoms with Crippen LogP contribution in [0.5, 0.6) is 5.75 Å². The first-order valence-corrected chi connectivity index (χ1v) is 20.8. The fourth-order valence-corrected chi connectivity index (χ4v) is 10.7. The Morgan fingerprint density at radius 3 is 2.67 bits per heavy atom. The fraction of sp³-hybridized carbons (Fsp3) is 0.583. The van der Waals surface area contributed by atoms with Gasteiger partial charge in [-0.25, -0.2) is 13.1 Å². The molecule has 13 heteroatoms. The number of fused-ring (bicyclic) bond motifs is 4. The molecule has 2 bridgehead atoms. The molecule has 2 aliphatic heterocycles. The molecule has 1 N–H and O–H groups in total. The van der Waals surface area contributed by atoms with E-state index >= 15 is 0 Å². The number of hydrogen-bond acceptors (Lipinski definition) is 9.